The van der Waals surface area contributed by atoms with Crippen molar-refractivity contribution in [1.29, 1.82) is 0 Å². The summed E-state index contributed by atoms with van der Waals surface area (Å²) in [5.41, 5.74) is 2.78. The van der Waals surface area contributed by atoms with Crippen molar-refractivity contribution in [1.82, 2.24) is 0 Å². The van der Waals surface area contributed by atoms with Crippen LogP contribution in [-0.2, 0) is 12.8 Å². The third-order valence-electron chi connectivity index (χ3n) is 4.98. The molecule has 3 aromatic carbocycles. The van der Waals surface area contributed by atoms with Gasteiger partial charge in [0.1, 0.15) is 23.5 Å². The van der Waals surface area contributed by atoms with Gasteiger partial charge in [-0.25, -0.2) is 13.6 Å². The SMILES string of the molecule is O=C(O)SC(c1ccc(OC2Cc3ccccc3C2)cc1)c1c(F)cccc1F. The molecule has 1 unspecified atom stereocenters. The van der Waals surface area contributed by atoms with Crippen LogP contribution in [0.1, 0.15) is 27.5 Å². The highest BCUT2D eigenvalue weighted by Crippen LogP contribution is 2.39. The highest BCUT2D eigenvalue weighted by atomic mass is 32.2. The first-order valence-electron chi connectivity index (χ1n) is 9.18. The Morgan fingerprint density at radius 1 is 0.931 bits per heavy atom. The Morgan fingerprint density at radius 2 is 1.52 bits per heavy atom. The van der Waals surface area contributed by atoms with Gasteiger partial charge in [-0.1, -0.05) is 42.5 Å². The molecule has 0 saturated carbocycles. The van der Waals surface area contributed by atoms with Crippen LogP contribution < -0.4 is 4.74 Å². The second-order valence-electron chi connectivity index (χ2n) is 6.88. The molecule has 0 amide bonds. The molecule has 0 aliphatic heterocycles. The van der Waals surface area contributed by atoms with Crippen LogP contribution >= 0.6 is 11.8 Å². The van der Waals surface area contributed by atoms with Crippen LogP contribution in [0.15, 0.2) is 66.7 Å². The molecule has 0 heterocycles. The first kappa shape index (κ1) is 19.5. The summed E-state index contributed by atoms with van der Waals surface area (Å²) >= 11 is 0.460. The first-order valence-corrected chi connectivity index (χ1v) is 10.1. The summed E-state index contributed by atoms with van der Waals surface area (Å²) in [5.74, 6) is -0.903. The van der Waals surface area contributed by atoms with E-state index in [2.05, 4.69) is 12.1 Å². The molecule has 0 spiro atoms. The average molecular weight is 412 g/mol. The molecule has 1 atom stereocenters. The van der Waals surface area contributed by atoms with Crippen molar-refractivity contribution < 1.29 is 23.4 Å². The Kier molecular flexibility index (Phi) is 5.53. The lowest BCUT2D eigenvalue weighted by Crippen LogP contribution is -2.16. The van der Waals surface area contributed by atoms with Crippen LogP contribution in [0, 0.1) is 11.6 Å². The number of carboxylic acid groups (broad SMARTS) is 1. The number of thioether (sulfide) groups is 1. The van der Waals surface area contributed by atoms with E-state index in [9.17, 15) is 18.7 Å². The smallest absolute Gasteiger partial charge is 0.365 e. The van der Waals surface area contributed by atoms with Gasteiger partial charge in [-0.15, -0.1) is 0 Å². The Morgan fingerprint density at radius 3 is 2.07 bits per heavy atom. The van der Waals surface area contributed by atoms with Crippen LogP contribution in [0.3, 0.4) is 0 Å². The molecule has 29 heavy (non-hydrogen) atoms. The lowest BCUT2D eigenvalue weighted by molar-refractivity contribution is 0.214. The molecular weight excluding hydrogens is 394 g/mol. The second-order valence-corrected chi connectivity index (χ2v) is 7.94. The van der Waals surface area contributed by atoms with Gasteiger partial charge in [-0.2, -0.15) is 0 Å². The molecule has 148 valence electrons. The zero-order chi connectivity index (χ0) is 20.4. The quantitative estimate of drug-likeness (QED) is 0.557. The van der Waals surface area contributed by atoms with Crippen LogP contribution in [0.25, 0.3) is 0 Å². The first-order chi connectivity index (χ1) is 14.0. The van der Waals surface area contributed by atoms with Crippen molar-refractivity contribution >= 4 is 17.1 Å². The zero-order valence-electron chi connectivity index (χ0n) is 15.3. The number of hydrogen-bond donors (Lipinski definition) is 1. The minimum absolute atomic E-state index is 0.0338. The maximum atomic E-state index is 14.2. The molecule has 0 saturated heterocycles. The lowest BCUT2D eigenvalue weighted by Gasteiger charge is -2.18. The molecule has 6 heteroatoms. The maximum absolute atomic E-state index is 14.2. The summed E-state index contributed by atoms with van der Waals surface area (Å²) in [6, 6.07) is 18.5. The number of halogens is 2. The maximum Gasteiger partial charge on any atom is 0.365 e. The molecule has 3 nitrogen and oxygen atoms in total. The van der Waals surface area contributed by atoms with Gasteiger partial charge in [0.15, 0.2) is 0 Å². The van der Waals surface area contributed by atoms with Gasteiger partial charge in [0.2, 0.25) is 0 Å². The third kappa shape index (κ3) is 4.27. The fourth-order valence-corrected chi connectivity index (χ4v) is 4.51. The Bertz CT molecular complexity index is 991. The van der Waals surface area contributed by atoms with Gasteiger partial charge in [0.25, 0.3) is 0 Å². The van der Waals surface area contributed by atoms with E-state index in [1.54, 1.807) is 24.3 Å². The highest BCUT2D eigenvalue weighted by molar-refractivity contribution is 8.13. The predicted octanol–water partition coefficient (Wildman–Crippen LogP) is 6.01. The van der Waals surface area contributed by atoms with Crippen molar-refractivity contribution in [2.24, 2.45) is 0 Å². The van der Waals surface area contributed by atoms with Crippen molar-refractivity contribution in [3.8, 4) is 5.75 Å². The number of hydrogen-bond acceptors (Lipinski definition) is 3. The summed E-state index contributed by atoms with van der Waals surface area (Å²) < 4.78 is 34.5. The molecule has 0 aromatic heterocycles. The fourth-order valence-electron chi connectivity index (χ4n) is 3.67. The topological polar surface area (TPSA) is 46.5 Å². The highest BCUT2D eigenvalue weighted by Gasteiger charge is 2.26. The molecule has 0 bridgehead atoms. The average Bonchev–Trinajstić information content (AvgIpc) is 3.09. The molecule has 1 aliphatic carbocycles. The number of carbonyl (C=O) groups is 1. The molecule has 4 rings (SSSR count). The van der Waals surface area contributed by atoms with Gasteiger partial charge >= 0.3 is 5.30 Å². The normalized spacial score (nSPS) is 14.4. The summed E-state index contributed by atoms with van der Waals surface area (Å²) in [6.45, 7) is 0. The van der Waals surface area contributed by atoms with Crippen molar-refractivity contribution in [3.05, 3.63) is 101 Å². The van der Waals surface area contributed by atoms with Gasteiger partial charge in [-0.05, 0) is 52.7 Å². The minimum atomic E-state index is -1.21. The number of fused-ring (bicyclic) bond motifs is 1. The standard InChI is InChI=1S/C23H18F2O3S/c24-19-6-3-7-20(25)21(19)22(29-23(26)27)14-8-10-17(11-9-14)28-18-12-15-4-1-2-5-16(15)13-18/h1-11,18,22H,12-13H2,(H,26,27). The minimum Gasteiger partial charge on any atom is -0.490 e. The Hall–Kier alpha value is -2.86. The van der Waals surface area contributed by atoms with Crippen molar-refractivity contribution in [3.63, 3.8) is 0 Å². The summed E-state index contributed by atoms with van der Waals surface area (Å²) in [5, 5.41) is 7.00. The van der Waals surface area contributed by atoms with E-state index in [0.29, 0.717) is 23.1 Å². The van der Waals surface area contributed by atoms with Crippen molar-refractivity contribution in [2.45, 2.75) is 24.2 Å². The number of rotatable bonds is 5. The molecule has 1 aliphatic rings. The van der Waals surface area contributed by atoms with E-state index in [1.807, 2.05) is 12.1 Å². The van der Waals surface area contributed by atoms with Gasteiger partial charge < -0.3 is 9.84 Å². The summed E-state index contributed by atoms with van der Waals surface area (Å²) in [6.07, 6.45) is 1.69. The number of ether oxygens (including phenoxy) is 1. The van der Waals surface area contributed by atoms with E-state index in [0.717, 1.165) is 25.0 Å². The lowest BCUT2D eigenvalue weighted by atomic mass is 10.0. The molecule has 0 fully saturated rings. The van der Waals surface area contributed by atoms with E-state index in [-0.39, 0.29) is 11.7 Å². The van der Waals surface area contributed by atoms with Crippen LogP contribution in [0.4, 0.5) is 13.6 Å². The van der Waals surface area contributed by atoms with Gasteiger partial charge in [0, 0.05) is 18.4 Å². The fraction of sp³-hybridized carbons (Fsp3) is 0.174. The summed E-state index contributed by atoms with van der Waals surface area (Å²) in [4.78, 5) is 11.3. The molecule has 3 aromatic rings. The predicted molar refractivity (Wildman–Crippen MR) is 109 cm³/mol. The van der Waals surface area contributed by atoms with Crippen molar-refractivity contribution in [2.75, 3.05) is 0 Å². The van der Waals surface area contributed by atoms with E-state index >= 15 is 0 Å². The van der Waals surface area contributed by atoms with Crippen LogP contribution in [-0.4, -0.2) is 16.5 Å². The monoisotopic (exact) mass is 412 g/mol. The van der Waals surface area contributed by atoms with Crippen LogP contribution in [0.2, 0.25) is 0 Å². The number of benzene rings is 3. The second kappa shape index (κ2) is 8.25. The molecule has 0 radical (unpaired) electrons. The van der Waals surface area contributed by atoms with Gasteiger partial charge in [0.05, 0.1) is 5.25 Å². The van der Waals surface area contributed by atoms with Gasteiger partial charge in [-0.3, -0.25) is 0 Å². The summed E-state index contributed by atoms with van der Waals surface area (Å²) in [7, 11) is 0. The largest absolute Gasteiger partial charge is 0.490 e. The third-order valence-corrected chi connectivity index (χ3v) is 5.92. The van der Waals surface area contributed by atoms with Crippen LogP contribution in [0.5, 0.6) is 5.75 Å². The van der Waals surface area contributed by atoms with E-state index < -0.39 is 22.2 Å². The van der Waals surface area contributed by atoms with E-state index in [1.165, 1.54) is 17.2 Å². The Labute approximate surface area is 171 Å². The van der Waals surface area contributed by atoms with E-state index in [4.69, 9.17) is 4.74 Å². The molecular formula is C23H18F2O3S. The zero-order valence-corrected chi connectivity index (χ0v) is 16.2. The molecule has 1 N–H and O–H groups in total. The Balaban J connectivity index is 1.54.